The molecule has 0 amide bonds. The third-order valence-corrected chi connectivity index (χ3v) is 2.03. The first kappa shape index (κ1) is 8.97. The minimum absolute atomic E-state index is 0.564. The summed E-state index contributed by atoms with van der Waals surface area (Å²) < 4.78 is 4.60. The first-order valence-corrected chi connectivity index (χ1v) is 4.27. The molecule has 1 heterocycles. The number of hydrogen-bond acceptors (Lipinski definition) is 3. The second-order valence-corrected chi connectivity index (χ2v) is 3.13. The normalized spacial score (nSPS) is 35.7. The first-order valence-electron chi connectivity index (χ1n) is 4.27. The highest BCUT2D eigenvalue weighted by Gasteiger charge is 2.53. The van der Waals surface area contributed by atoms with Gasteiger partial charge >= 0.3 is 0 Å². The Labute approximate surface area is 67.0 Å². The Hall–Kier alpha value is -0.120. The Bertz CT molecular complexity index is 127. The van der Waals surface area contributed by atoms with Crippen LogP contribution >= 0.6 is 0 Å². The Morgan fingerprint density at radius 3 is 2.45 bits per heavy atom. The highest BCUT2D eigenvalue weighted by atomic mass is 16.8. The summed E-state index contributed by atoms with van der Waals surface area (Å²) in [6.07, 6.45) is 4.04. The molecule has 0 saturated carbocycles. The molecule has 0 aliphatic carbocycles. The Morgan fingerprint density at radius 1 is 1.36 bits per heavy atom. The van der Waals surface area contributed by atoms with Gasteiger partial charge in [0.25, 0.3) is 0 Å². The van der Waals surface area contributed by atoms with Gasteiger partial charge < -0.3 is 14.9 Å². The molecule has 0 spiro atoms. The standard InChI is InChI=1S/C8H16O3/c1-2-3-4-5-6-8(10)7(9)11-8/h7,9-10H,2-6H2,1H3. The largest absolute Gasteiger partial charge is 0.364 e. The molecule has 1 aliphatic heterocycles. The van der Waals surface area contributed by atoms with Crippen LogP contribution in [0.15, 0.2) is 0 Å². The van der Waals surface area contributed by atoms with E-state index in [4.69, 9.17) is 5.11 Å². The quantitative estimate of drug-likeness (QED) is 0.466. The minimum Gasteiger partial charge on any atom is -0.364 e. The van der Waals surface area contributed by atoms with Crippen molar-refractivity contribution >= 4 is 0 Å². The Balaban J connectivity index is 1.96. The maximum atomic E-state index is 9.22. The molecule has 3 nitrogen and oxygen atoms in total. The zero-order valence-corrected chi connectivity index (χ0v) is 6.92. The maximum absolute atomic E-state index is 9.22. The highest BCUT2D eigenvalue weighted by molar-refractivity contribution is 4.83. The van der Waals surface area contributed by atoms with Crippen LogP contribution in [0.2, 0.25) is 0 Å². The number of ether oxygens (including phenoxy) is 1. The molecule has 2 N–H and O–H groups in total. The van der Waals surface area contributed by atoms with Crippen molar-refractivity contribution < 1.29 is 14.9 Å². The van der Waals surface area contributed by atoms with E-state index in [1.807, 2.05) is 0 Å². The van der Waals surface area contributed by atoms with Gasteiger partial charge in [-0.2, -0.15) is 0 Å². The summed E-state index contributed by atoms with van der Waals surface area (Å²) in [7, 11) is 0. The lowest BCUT2D eigenvalue weighted by molar-refractivity contribution is 0.0253. The van der Waals surface area contributed by atoms with Crippen molar-refractivity contribution in [1.29, 1.82) is 0 Å². The van der Waals surface area contributed by atoms with Crippen molar-refractivity contribution in [2.24, 2.45) is 0 Å². The summed E-state index contributed by atoms with van der Waals surface area (Å²) in [6.45, 7) is 2.14. The van der Waals surface area contributed by atoms with E-state index >= 15 is 0 Å². The summed E-state index contributed by atoms with van der Waals surface area (Å²) in [5.74, 6) is -1.19. The van der Waals surface area contributed by atoms with Gasteiger partial charge in [0, 0.05) is 6.42 Å². The monoisotopic (exact) mass is 160 g/mol. The molecule has 0 aromatic carbocycles. The van der Waals surface area contributed by atoms with E-state index in [1.165, 1.54) is 12.8 Å². The summed E-state index contributed by atoms with van der Waals surface area (Å²) >= 11 is 0. The van der Waals surface area contributed by atoms with Gasteiger partial charge in [0.05, 0.1) is 0 Å². The lowest BCUT2D eigenvalue weighted by atomic mass is 10.1. The molecule has 2 atom stereocenters. The molecule has 3 heteroatoms. The lowest BCUT2D eigenvalue weighted by Gasteiger charge is -2.02. The fourth-order valence-electron chi connectivity index (χ4n) is 1.15. The number of aliphatic hydroxyl groups is 2. The van der Waals surface area contributed by atoms with Crippen LogP contribution in [-0.2, 0) is 4.74 Å². The third-order valence-electron chi connectivity index (χ3n) is 2.03. The molecule has 2 unspecified atom stereocenters. The van der Waals surface area contributed by atoms with Crippen LogP contribution in [0, 0.1) is 0 Å². The summed E-state index contributed by atoms with van der Waals surface area (Å²) in [5.41, 5.74) is 0. The van der Waals surface area contributed by atoms with Crippen molar-refractivity contribution in [1.82, 2.24) is 0 Å². The molecule has 0 aromatic heterocycles. The lowest BCUT2D eigenvalue weighted by Crippen LogP contribution is -2.13. The zero-order valence-electron chi connectivity index (χ0n) is 6.92. The molecule has 0 radical (unpaired) electrons. The average molecular weight is 160 g/mol. The maximum Gasteiger partial charge on any atom is 0.220 e. The highest BCUT2D eigenvalue weighted by Crippen LogP contribution is 2.36. The molecule has 1 aliphatic rings. The first-order chi connectivity index (χ1) is 5.19. The van der Waals surface area contributed by atoms with E-state index in [2.05, 4.69) is 11.7 Å². The summed E-state index contributed by atoms with van der Waals surface area (Å²) in [5, 5.41) is 18.0. The van der Waals surface area contributed by atoms with E-state index in [0.717, 1.165) is 12.8 Å². The molecule has 11 heavy (non-hydrogen) atoms. The Kier molecular flexibility index (Phi) is 2.87. The second kappa shape index (κ2) is 3.52. The van der Waals surface area contributed by atoms with E-state index in [9.17, 15) is 5.11 Å². The SMILES string of the molecule is CCCCCCC1(O)OC1O. The number of aliphatic hydroxyl groups excluding tert-OH is 1. The third kappa shape index (κ3) is 2.43. The predicted molar refractivity (Wildman–Crippen MR) is 40.8 cm³/mol. The molecule has 0 bridgehead atoms. The predicted octanol–water partition coefficient (Wildman–Crippen LogP) is 0.994. The smallest absolute Gasteiger partial charge is 0.220 e. The van der Waals surface area contributed by atoms with Crippen LogP contribution in [0.3, 0.4) is 0 Å². The van der Waals surface area contributed by atoms with Gasteiger partial charge in [0.15, 0.2) is 0 Å². The van der Waals surface area contributed by atoms with Crippen molar-refractivity contribution in [3.8, 4) is 0 Å². The van der Waals surface area contributed by atoms with E-state index < -0.39 is 12.1 Å². The van der Waals surface area contributed by atoms with Crippen molar-refractivity contribution in [2.75, 3.05) is 0 Å². The van der Waals surface area contributed by atoms with Gasteiger partial charge in [-0.1, -0.05) is 26.2 Å². The number of rotatable bonds is 5. The fraction of sp³-hybridized carbons (Fsp3) is 1.00. The molecule has 0 aromatic rings. The molecule has 1 saturated heterocycles. The number of unbranched alkanes of at least 4 members (excludes halogenated alkanes) is 3. The molecule has 1 fully saturated rings. The van der Waals surface area contributed by atoms with Gasteiger partial charge in [-0.25, -0.2) is 0 Å². The van der Waals surface area contributed by atoms with Crippen LogP contribution in [0.25, 0.3) is 0 Å². The van der Waals surface area contributed by atoms with Crippen molar-refractivity contribution in [3.63, 3.8) is 0 Å². The van der Waals surface area contributed by atoms with Crippen LogP contribution < -0.4 is 0 Å². The summed E-state index contributed by atoms with van der Waals surface area (Å²) in [4.78, 5) is 0. The van der Waals surface area contributed by atoms with Crippen molar-refractivity contribution in [3.05, 3.63) is 0 Å². The van der Waals surface area contributed by atoms with Crippen molar-refractivity contribution in [2.45, 2.75) is 51.1 Å². The van der Waals surface area contributed by atoms with Gasteiger partial charge in [0.1, 0.15) is 0 Å². The van der Waals surface area contributed by atoms with E-state index in [1.54, 1.807) is 0 Å². The van der Waals surface area contributed by atoms with Gasteiger partial charge in [-0.3, -0.25) is 0 Å². The second-order valence-electron chi connectivity index (χ2n) is 3.13. The van der Waals surface area contributed by atoms with E-state index in [0.29, 0.717) is 6.42 Å². The van der Waals surface area contributed by atoms with Gasteiger partial charge in [-0.15, -0.1) is 0 Å². The fourth-order valence-corrected chi connectivity index (χ4v) is 1.15. The van der Waals surface area contributed by atoms with Gasteiger partial charge in [0.2, 0.25) is 12.1 Å². The topological polar surface area (TPSA) is 53.0 Å². The zero-order chi connectivity index (χ0) is 8.32. The van der Waals surface area contributed by atoms with Crippen LogP contribution in [0.4, 0.5) is 0 Å². The minimum atomic E-state index is -1.19. The Morgan fingerprint density at radius 2 is 2.00 bits per heavy atom. The van der Waals surface area contributed by atoms with E-state index in [-0.39, 0.29) is 0 Å². The molecule has 66 valence electrons. The molecular weight excluding hydrogens is 144 g/mol. The van der Waals surface area contributed by atoms with Gasteiger partial charge in [-0.05, 0) is 6.42 Å². The molecular formula is C8H16O3. The molecule has 1 rings (SSSR count). The van der Waals surface area contributed by atoms with Crippen LogP contribution in [-0.4, -0.2) is 22.3 Å². The van der Waals surface area contributed by atoms with Crippen LogP contribution in [0.1, 0.15) is 39.0 Å². The van der Waals surface area contributed by atoms with Crippen LogP contribution in [0.5, 0.6) is 0 Å². The average Bonchev–Trinajstić information content (AvgIpc) is 2.54. The number of epoxide rings is 1. The number of hydrogen-bond donors (Lipinski definition) is 2. The summed E-state index contributed by atoms with van der Waals surface area (Å²) in [6, 6.07) is 0.